The Kier molecular flexibility index (Phi) is 5.58. The molecule has 0 unspecified atom stereocenters. The van der Waals surface area contributed by atoms with Crippen molar-refractivity contribution in [2.75, 3.05) is 40.1 Å². The van der Waals surface area contributed by atoms with E-state index < -0.39 is 0 Å². The lowest BCUT2D eigenvalue weighted by atomic mass is 9.86. The van der Waals surface area contributed by atoms with Crippen LogP contribution in [0.3, 0.4) is 0 Å². The van der Waals surface area contributed by atoms with Gasteiger partial charge in [-0.1, -0.05) is 13.8 Å². The molecule has 2 saturated heterocycles. The summed E-state index contributed by atoms with van der Waals surface area (Å²) >= 11 is 0. The van der Waals surface area contributed by atoms with Gasteiger partial charge in [0.2, 0.25) is 11.8 Å². The average Bonchev–Trinajstić information content (AvgIpc) is 2.85. The minimum Gasteiger partial charge on any atom is -0.383 e. The molecule has 2 heterocycles. The Balaban J connectivity index is 1.97. The molecule has 0 N–H and O–H groups in total. The van der Waals surface area contributed by atoms with Gasteiger partial charge in [0, 0.05) is 20.3 Å². The van der Waals surface area contributed by atoms with Gasteiger partial charge >= 0.3 is 0 Å². The first-order valence-electron chi connectivity index (χ1n) is 7.71. The van der Waals surface area contributed by atoms with Crippen molar-refractivity contribution in [2.24, 2.45) is 11.8 Å². The molecule has 6 heteroatoms. The number of methoxy groups -OCH3 is 1. The molecule has 0 radical (unpaired) electrons. The molecule has 2 rings (SSSR count). The van der Waals surface area contributed by atoms with Gasteiger partial charge in [-0.15, -0.1) is 0 Å². The van der Waals surface area contributed by atoms with Crippen molar-refractivity contribution < 1.29 is 19.1 Å². The van der Waals surface area contributed by atoms with Gasteiger partial charge in [0.15, 0.2) is 0 Å². The highest BCUT2D eigenvalue weighted by Crippen LogP contribution is 2.28. The maximum atomic E-state index is 12.7. The fourth-order valence-corrected chi connectivity index (χ4v) is 3.10. The molecule has 0 bridgehead atoms. The van der Waals surface area contributed by atoms with Gasteiger partial charge in [-0.25, -0.2) is 0 Å². The number of ether oxygens (including phenoxy) is 2. The third-order valence-corrected chi connectivity index (χ3v) is 4.24. The van der Waals surface area contributed by atoms with E-state index >= 15 is 0 Å². The highest BCUT2D eigenvalue weighted by molar-refractivity contribution is 5.89. The molecule has 2 aliphatic rings. The van der Waals surface area contributed by atoms with Gasteiger partial charge in [0.1, 0.15) is 6.54 Å². The molecule has 0 aliphatic carbocycles. The van der Waals surface area contributed by atoms with E-state index in [0.717, 1.165) is 19.4 Å². The van der Waals surface area contributed by atoms with Crippen LogP contribution in [0.2, 0.25) is 0 Å². The van der Waals surface area contributed by atoms with Crippen LogP contribution in [0.25, 0.3) is 0 Å². The minimum atomic E-state index is -0.117. The zero-order valence-corrected chi connectivity index (χ0v) is 13.2. The summed E-state index contributed by atoms with van der Waals surface area (Å²) in [6.45, 7) is 6.48. The number of nitrogens with zero attached hydrogens (tertiary/aromatic N) is 2. The molecule has 2 atom stereocenters. The maximum absolute atomic E-state index is 12.7. The Hall–Kier alpha value is -1.14. The minimum absolute atomic E-state index is 0.00164. The average molecular weight is 298 g/mol. The lowest BCUT2D eigenvalue weighted by molar-refractivity contribution is -0.147. The lowest BCUT2D eigenvalue weighted by Gasteiger charge is -2.35. The highest BCUT2D eigenvalue weighted by Gasteiger charge is 2.39. The normalized spacial score (nSPS) is 26.8. The summed E-state index contributed by atoms with van der Waals surface area (Å²) in [5.74, 6) is 0.246. The van der Waals surface area contributed by atoms with Crippen LogP contribution in [0.15, 0.2) is 0 Å². The standard InChI is InChI=1S/C15H26N2O4/c1-11(2)14-12(5-4-7-21-14)15(19)17-9-13(18)16(10-17)6-8-20-3/h11-12,14H,4-10H2,1-3H3/t12-,14+/m1/s1. The molecular formula is C15H26N2O4. The molecule has 2 aliphatic heterocycles. The van der Waals surface area contributed by atoms with Crippen molar-refractivity contribution in [3.8, 4) is 0 Å². The predicted octanol–water partition coefficient (Wildman–Crippen LogP) is 0.712. The molecule has 0 saturated carbocycles. The van der Waals surface area contributed by atoms with E-state index in [1.54, 1.807) is 16.9 Å². The molecule has 6 nitrogen and oxygen atoms in total. The maximum Gasteiger partial charge on any atom is 0.243 e. The van der Waals surface area contributed by atoms with Crippen LogP contribution in [0.1, 0.15) is 26.7 Å². The smallest absolute Gasteiger partial charge is 0.243 e. The summed E-state index contributed by atoms with van der Waals surface area (Å²) in [6.07, 6.45) is 1.73. The van der Waals surface area contributed by atoms with Crippen LogP contribution in [-0.4, -0.2) is 67.8 Å². The number of carbonyl (C=O) groups excluding carboxylic acids is 2. The summed E-state index contributed by atoms with van der Waals surface area (Å²) in [5.41, 5.74) is 0. The summed E-state index contributed by atoms with van der Waals surface area (Å²) in [5, 5.41) is 0. The zero-order chi connectivity index (χ0) is 15.4. The van der Waals surface area contributed by atoms with Crippen molar-refractivity contribution in [3.05, 3.63) is 0 Å². The first-order chi connectivity index (χ1) is 10.0. The SMILES string of the molecule is COCCN1CN(C(=O)[C@@H]2CCCO[C@H]2C(C)C)CC1=O. The third kappa shape index (κ3) is 3.74. The number of hydrogen-bond donors (Lipinski definition) is 0. The Morgan fingerprint density at radius 1 is 1.48 bits per heavy atom. The van der Waals surface area contributed by atoms with Crippen LogP contribution >= 0.6 is 0 Å². The van der Waals surface area contributed by atoms with E-state index in [1.807, 2.05) is 0 Å². The second-order valence-electron chi connectivity index (χ2n) is 6.16. The summed E-state index contributed by atoms with van der Waals surface area (Å²) < 4.78 is 10.8. The van der Waals surface area contributed by atoms with Gasteiger partial charge < -0.3 is 19.3 Å². The Labute approximate surface area is 126 Å². The van der Waals surface area contributed by atoms with Crippen LogP contribution in [0.4, 0.5) is 0 Å². The highest BCUT2D eigenvalue weighted by atomic mass is 16.5. The first-order valence-corrected chi connectivity index (χ1v) is 7.71. The Bertz CT molecular complexity index is 386. The quantitative estimate of drug-likeness (QED) is 0.750. The summed E-state index contributed by atoms with van der Waals surface area (Å²) in [7, 11) is 1.61. The fraction of sp³-hybridized carbons (Fsp3) is 0.867. The van der Waals surface area contributed by atoms with E-state index in [0.29, 0.717) is 25.7 Å². The lowest BCUT2D eigenvalue weighted by Crippen LogP contribution is -2.45. The predicted molar refractivity (Wildman–Crippen MR) is 77.5 cm³/mol. The van der Waals surface area contributed by atoms with Crippen molar-refractivity contribution in [2.45, 2.75) is 32.8 Å². The van der Waals surface area contributed by atoms with Crippen molar-refractivity contribution in [1.82, 2.24) is 9.80 Å². The molecule has 2 fully saturated rings. The van der Waals surface area contributed by atoms with Crippen LogP contribution in [0, 0.1) is 11.8 Å². The molecule has 0 aromatic heterocycles. The topological polar surface area (TPSA) is 59.1 Å². The third-order valence-electron chi connectivity index (χ3n) is 4.24. The van der Waals surface area contributed by atoms with Crippen LogP contribution in [-0.2, 0) is 19.1 Å². The van der Waals surface area contributed by atoms with Gasteiger partial charge in [-0.3, -0.25) is 9.59 Å². The van der Waals surface area contributed by atoms with E-state index in [1.165, 1.54) is 0 Å². The largest absolute Gasteiger partial charge is 0.383 e. The fourth-order valence-electron chi connectivity index (χ4n) is 3.10. The van der Waals surface area contributed by atoms with Crippen LogP contribution < -0.4 is 0 Å². The summed E-state index contributed by atoms with van der Waals surface area (Å²) in [6, 6.07) is 0. The van der Waals surface area contributed by atoms with E-state index in [9.17, 15) is 9.59 Å². The molecule has 0 aromatic rings. The van der Waals surface area contributed by atoms with Gasteiger partial charge in [0.25, 0.3) is 0 Å². The zero-order valence-electron chi connectivity index (χ0n) is 13.2. The van der Waals surface area contributed by atoms with E-state index in [4.69, 9.17) is 9.47 Å². The van der Waals surface area contributed by atoms with Gasteiger partial charge in [-0.05, 0) is 18.8 Å². The first kappa shape index (κ1) is 16.2. The number of hydrogen-bond acceptors (Lipinski definition) is 4. The number of carbonyl (C=O) groups is 2. The molecular weight excluding hydrogens is 272 g/mol. The van der Waals surface area contributed by atoms with Gasteiger partial charge in [-0.2, -0.15) is 0 Å². The molecule has 120 valence electrons. The summed E-state index contributed by atoms with van der Waals surface area (Å²) in [4.78, 5) is 28.0. The number of amides is 2. The molecule has 2 amide bonds. The van der Waals surface area contributed by atoms with E-state index in [-0.39, 0.29) is 30.4 Å². The van der Waals surface area contributed by atoms with Crippen molar-refractivity contribution in [1.29, 1.82) is 0 Å². The van der Waals surface area contributed by atoms with Crippen molar-refractivity contribution >= 4 is 11.8 Å². The van der Waals surface area contributed by atoms with E-state index in [2.05, 4.69) is 13.8 Å². The van der Waals surface area contributed by atoms with Gasteiger partial charge in [0.05, 0.1) is 25.3 Å². The molecule has 0 aromatic carbocycles. The Morgan fingerprint density at radius 3 is 2.90 bits per heavy atom. The Morgan fingerprint density at radius 2 is 2.24 bits per heavy atom. The van der Waals surface area contributed by atoms with Crippen LogP contribution in [0.5, 0.6) is 0 Å². The monoisotopic (exact) mass is 298 g/mol. The molecule has 0 spiro atoms. The number of rotatable bonds is 5. The second-order valence-corrected chi connectivity index (χ2v) is 6.16. The van der Waals surface area contributed by atoms with Crippen molar-refractivity contribution in [3.63, 3.8) is 0 Å². The second kappa shape index (κ2) is 7.22. The molecule has 21 heavy (non-hydrogen) atoms.